The fourth-order valence-electron chi connectivity index (χ4n) is 4.99. The Morgan fingerprint density at radius 1 is 0.943 bits per heavy atom. The van der Waals surface area contributed by atoms with E-state index in [1.807, 2.05) is 18.3 Å². The molecule has 35 heavy (non-hydrogen) atoms. The van der Waals surface area contributed by atoms with E-state index in [4.69, 9.17) is 0 Å². The number of rotatable bonds is 6. The molecule has 3 aromatic carbocycles. The molecule has 1 aliphatic rings. The van der Waals surface area contributed by atoms with Crippen LogP contribution in [-0.2, 0) is 13.5 Å². The molecule has 6 rings (SSSR count). The zero-order chi connectivity index (χ0) is 23.9. The first-order valence-electron chi connectivity index (χ1n) is 12.0. The summed E-state index contributed by atoms with van der Waals surface area (Å²) in [7, 11) is 2.06. The Kier molecular flexibility index (Phi) is 5.22. The number of hydrogen-bond donors (Lipinski definition) is 1. The summed E-state index contributed by atoms with van der Waals surface area (Å²) in [5, 5.41) is 11.0. The summed E-state index contributed by atoms with van der Waals surface area (Å²) in [5.41, 5.74) is 8.80. The first-order chi connectivity index (χ1) is 17.1. The van der Waals surface area contributed by atoms with E-state index in [9.17, 15) is 9.90 Å². The monoisotopic (exact) mass is 458 g/mol. The first kappa shape index (κ1) is 21.4. The number of hydrogen-bond acceptors (Lipinski definition) is 2. The first-order valence-corrected chi connectivity index (χ1v) is 12.0. The van der Waals surface area contributed by atoms with Crippen LogP contribution in [0.4, 0.5) is 0 Å². The Hall–Kier alpha value is -4.18. The fraction of sp³-hybridized carbons (Fsp3) is 0.161. The highest BCUT2D eigenvalue weighted by Gasteiger charge is 2.26. The van der Waals surface area contributed by atoms with Gasteiger partial charge in [-0.1, -0.05) is 48.5 Å². The number of carboxylic acid groups (broad SMARTS) is 1. The summed E-state index contributed by atoms with van der Waals surface area (Å²) in [6, 6.07) is 27.3. The highest BCUT2D eigenvalue weighted by molar-refractivity contribution is 5.96. The molecule has 0 unspecified atom stereocenters. The van der Waals surface area contributed by atoms with Crippen molar-refractivity contribution in [1.82, 2.24) is 9.55 Å². The number of aryl methyl sites for hydroxylation is 1. The maximum Gasteiger partial charge on any atom is 0.337 e. The largest absolute Gasteiger partial charge is 0.478 e. The van der Waals surface area contributed by atoms with Crippen LogP contribution in [0.2, 0.25) is 0 Å². The van der Waals surface area contributed by atoms with E-state index < -0.39 is 5.97 Å². The van der Waals surface area contributed by atoms with Crippen molar-refractivity contribution >= 4 is 16.9 Å². The van der Waals surface area contributed by atoms with Crippen LogP contribution in [0.1, 0.15) is 45.9 Å². The third-order valence-corrected chi connectivity index (χ3v) is 6.95. The van der Waals surface area contributed by atoms with Crippen LogP contribution in [0.25, 0.3) is 33.2 Å². The van der Waals surface area contributed by atoms with Crippen molar-refractivity contribution in [2.24, 2.45) is 7.05 Å². The third-order valence-electron chi connectivity index (χ3n) is 6.95. The Morgan fingerprint density at radius 2 is 1.71 bits per heavy atom. The SMILES string of the molecule is Cn1ccc2cc(Cc3ncc(C4CC4)cc3C(=O)O)cc(-c3cccc(-c4ccccc4)c3)c21. The third kappa shape index (κ3) is 4.12. The molecule has 1 saturated carbocycles. The average Bonchev–Trinajstić information content (AvgIpc) is 3.67. The van der Waals surface area contributed by atoms with Gasteiger partial charge in [0.2, 0.25) is 0 Å². The van der Waals surface area contributed by atoms with E-state index in [1.165, 1.54) is 11.1 Å². The smallest absolute Gasteiger partial charge is 0.337 e. The van der Waals surface area contributed by atoms with Gasteiger partial charge in [0.25, 0.3) is 0 Å². The number of fused-ring (bicyclic) bond motifs is 1. The Morgan fingerprint density at radius 3 is 2.49 bits per heavy atom. The molecule has 172 valence electrons. The van der Waals surface area contributed by atoms with Crippen molar-refractivity contribution < 1.29 is 9.90 Å². The van der Waals surface area contributed by atoms with Crippen LogP contribution in [0.3, 0.4) is 0 Å². The molecule has 2 heterocycles. The molecule has 0 atom stereocenters. The second kappa shape index (κ2) is 8.55. The topological polar surface area (TPSA) is 55.1 Å². The van der Waals surface area contributed by atoms with Crippen LogP contribution in [-0.4, -0.2) is 20.6 Å². The second-order valence-corrected chi connectivity index (χ2v) is 9.47. The summed E-state index contributed by atoms with van der Waals surface area (Å²) in [6.45, 7) is 0. The van der Waals surface area contributed by atoms with Crippen LogP contribution in [0.15, 0.2) is 91.3 Å². The predicted octanol–water partition coefficient (Wildman–Crippen LogP) is 7.07. The zero-order valence-corrected chi connectivity index (χ0v) is 19.6. The van der Waals surface area contributed by atoms with Gasteiger partial charge in [-0.05, 0) is 76.9 Å². The molecule has 0 bridgehead atoms. The molecule has 4 nitrogen and oxygen atoms in total. The molecule has 2 aromatic heterocycles. The molecular formula is C31H26N2O2. The van der Waals surface area contributed by atoms with Gasteiger partial charge in [0.05, 0.1) is 16.8 Å². The van der Waals surface area contributed by atoms with Gasteiger partial charge in [-0.2, -0.15) is 0 Å². The van der Waals surface area contributed by atoms with E-state index in [-0.39, 0.29) is 0 Å². The lowest BCUT2D eigenvalue weighted by Crippen LogP contribution is -2.07. The minimum atomic E-state index is -0.911. The van der Waals surface area contributed by atoms with E-state index >= 15 is 0 Å². The van der Waals surface area contributed by atoms with E-state index in [0.717, 1.165) is 46.0 Å². The minimum absolute atomic E-state index is 0.315. The molecule has 0 spiro atoms. The fourth-order valence-corrected chi connectivity index (χ4v) is 4.99. The molecule has 1 fully saturated rings. The molecule has 1 N–H and O–H groups in total. The van der Waals surface area contributed by atoms with Gasteiger partial charge in [0.15, 0.2) is 0 Å². The Labute approximate surface area is 204 Å². The second-order valence-electron chi connectivity index (χ2n) is 9.47. The number of aromatic nitrogens is 2. The van der Waals surface area contributed by atoms with Crippen LogP contribution in [0.5, 0.6) is 0 Å². The van der Waals surface area contributed by atoms with Gasteiger partial charge in [-0.15, -0.1) is 0 Å². The lowest BCUT2D eigenvalue weighted by atomic mass is 9.94. The van der Waals surface area contributed by atoms with E-state index in [0.29, 0.717) is 23.6 Å². The molecule has 0 amide bonds. The van der Waals surface area contributed by atoms with Gasteiger partial charge in [-0.3, -0.25) is 4.98 Å². The van der Waals surface area contributed by atoms with Crippen molar-refractivity contribution in [3.8, 4) is 22.3 Å². The van der Waals surface area contributed by atoms with Crippen molar-refractivity contribution in [3.63, 3.8) is 0 Å². The van der Waals surface area contributed by atoms with Crippen molar-refractivity contribution in [2.75, 3.05) is 0 Å². The van der Waals surface area contributed by atoms with Gasteiger partial charge < -0.3 is 9.67 Å². The molecular weight excluding hydrogens is 432 g/mol. The quantitative estimate of drug-likeness (QED) is 0.296. The molecule has 0 saturated heterocycles. The normalized spacial score (nSPS) is 13.3. The molecule has 4 heteroatoms. The van der Waals surface area contributed by atoms with Gasteiger partial charge >= 0.3 is 5.97 Å². The summed E-state index contributed by atoms with van der Waals surface area (Å²) in [4.78, 5) is 16.7. The van der Waals surface area contributed by atoms with Crippen molar-refractivity contribution in [1.29, 1.82) is 0 Å². The molecule has 1 aliphatic carbocycles. The minimum Gasteiger partial charge on any atom is -0.478 e. The molecule has 0 aliphatic heterocycles. The van der Waals surface area contributed by atoms with Crippen molar-refractivity contribution in [2.45, 2.75) is 25.2 Å². The lowest BCUT2D eigenvalue weighted by Gasteiger charge is -2.13. The number of aromatic carboxylic acids is 1. The highest BCUT2D eigenvalue weighted by Crippen LogP contribution is 2.40. The van der Waals surface area contributed by atoms with Crippen LogP contribution < -0.4 is 0 Å². The number of nitrogens with zero attached hydrogens (tertiary/aromatic N) is 2. The van der Waals surface area contributed by atoms with Crippen molar-refractivity contribution in [3.05, 3.63) is 114 Å². The average molecular weight is 459 g/mol. The number of carbonyl (C=O) groups is 1. The summed E-state index contributed by atoms with van der Waals surface area (Å²) in [6.07, 6.45) is 6.66. The number of carboxylic acids is 1. The Balaban J connectivity index is 1.45. The van der Waals surface area contributed by atoms with E-state index in [1.54, 1.807) is 0 Å². The Bertz CT molecular complexity index is 1560. The maximum atomic E-state index is 12.0. The molecule has 5 aromatic rings. The summed E-state index contributed by atoms with van der Waals surface area (Å²) in [5.74, 6) is -0.439. The number of benzene rings is 3. The highest BCUT2D eigenvalue weighted by atomic mass is 16.4. The maximum absolute atomic E-state index is 12.0. The van der Waals surface area contributed by atoms with Gasteiger partial charge in [0.1, 0.15) is 0 Å². The summed E-state index contributed by atoms with van der Waals surface area (Å²) >= 11 is 0. The zero-order valence-electron chi connectivity index (χ0n) is 19.6. The van der Waals surface area contributed by atoms with Crippen LogP contribution in [0, 0.1) is 0 Å². The predicted molar refractivity (Wildman–Crippen MR) is 140 cm³/mol. The number of pyridine rings is 1. The molecule has 0 radical (unpaired) electrons. The van der Waals surface area contributed by atoms with E-state index in [2.05, 4.69) is 89.5 Å². The lowest BCUT2D eigenvalue weighted by molar-refractivity contribution is 0.0695. The standard InChI is InChI=1S/C31H26N2O2/c1-33-13-12-25-14-20(16-29-28(31(34)35)18-26(19-32-29)22-10-11-22)15-27(30(25)33)24-9-5-8-23(17-24)21-6-3-2-4-7-21/h2-9,12-15,17-19,22H,10-11,16H2,1H3,(H,34,35). The van der Waals surface area contributed by atoms with Crippen LogP contribution >= 0.6 is 0 Å². The summed E-state index contributed by atoms with van der Waals surface area (Å²) < 4.78 is 2.15. The van der Waals surface area contributed by atoms with Gasteiger partial charge in [0, 0.05) is 36.8 Å². The van der Waals surface area contributed by atoms with Gasteiger partial charge in [-0.25, -0.2) is 4.79 Å².